The summed E-state index contributed by atoms with van der Waals surface area (Å²) in [6, 6.07) is 12.7. The van der Waals surface area contributed by atoms with Gasteiger partial charge in [-0.05, 0) is 30.3 Å². The van der Waals surface area contributed by atoms with Gasteiger partial charge in [0.05, 0.1) is 52.6 Å². The predicted octanol–water partition coefficient (Wildman–Crippen LogP) is 4.58. The molecule has 0 bridgehead atoms. The van der Waals surface area contributed by atoms with Crippen LogP contribution in [-0.4, -0.2) is 83.7 Å². The molecule has 4 aromatic carbocycles. The zero-order valence-corrected chi connectivity index (χ0v) is 32.0. The summed E-state index contributed by atoms with van der Waals surface area (Å²) in [5.74, 6) is -2.66. The Labute approximate surface area is 343 Å². The highest BCUT2D eigenvalue weighted by Gasteiger charge is 2.31. The molecule has 0 saturated carbocycles. The molecule has 0 aliphatic carbocycles. The monoisotopic (exact) mass is 898 g/mol. The predicted molar refractivity (Wildman–Crippen MR) is 209 cm³/mol. The summed E-state index contributed by atoms with van der Waals surface area (Å²) < 4.78 is 29.0. The maximum absolute atomic E-state index is 12.1. The lowest BCUT2D eigenvalue weighted by atomic mass is 10.2. The highest BCUT2D eigenvalue weighted by atomic mass is 32.2. The van der Waals surface area contributed by atoms with Crippen LogP contribution in [0.1, 0.15) is 0 Å². The van der Waals surface area contributed by atoms with Crippen molar-refractivity contribution in [3.63, 3.8) is 0 Å². The van der Waals surface area contributed by atoms with Gasteiger partial charge in [0, 0.05) is 29.7 Å². The van der Waals surface area contributed by atoms with Gasteiger partial charge in [0.1, 0.15) is 23.5 Å². The summed E-state index contributed by atoms with van der Waals surface area (Å²) in [5.41, 5.74) is 0.689. The van der Waals surface area contributed by atoms with Crippen molar-refractivity contribution >= 4 is 86.3 Å². The summed E-state index contributed by atoms with van der Waals surface area (Å²) >= 11 is 4.34. The number of carbonyl (C=O) groups is 2. The lowest BCUT2D eigenvalue weighted by molar-refractivity contribution is -0.396. The first-order valence-electron chi connectivity index (χ1n) is 15.5. The van der Waals surface area contributed by atoms with Crippen molar-refractivity contribution in [2.45, 2.75) is 21.9 Å². The van der Waals surface area contributed by atoms with E-state index in [0.717, 1.165) is 42.5 Å². The minimum absolute atomic E-state index is 0.0323. The van der Waals surface area contributed by atoms with E-state index in [2.05, 4.69) is 17.9 Å². The molecule has 4 rings (SSSR count). The van der Waals surface area contributed by atoms with Gasteiger partial charge in [-0.2, -0.15) is 21.0 Å². The molecule has 0 aromatic heterocycles. The number of nitrogens with one attached hydrogen (secondary N) is 1. The topological polar surface area (TPSA) is 415 Å². The van der Waals surface area contributed by atoms with Crippen molar-refractivity contribution in [2.75, 3.05) is 16.8 Å². The molecule has 0 saturated heterocycles. The number of carboxylic acids is 2. The van der Waals surface area contributed by atoms with Crippen LogP contribution in [0.3, 0.4) is 0 Å². The SMILES string of the molecule is NC(CS)C(=O)O.O=C(O)C(CSc1ccc([N+](=O)[O-])cc1[N+](=O)[O-])Nc1ccc([N+](=O)[O-])cc1[N+](=O)[O-].O=[N+]([O-])c1ccc(S(=O)(=O)Oc2ccccc2)c([N+](=O)[O-])c1. The third kappa shape index (κ3) is 14.1. The Bertz CT molecular complexity index is 2420. The highest BCUT2D eigenvalue weighted by molar-refractivity contribution is 7.99. The fourth-order valence-electron chi connectivity index (χ4n) is 4.03. The summed E-state index contributed by atoms with van der Waals surface area (Å²) in [5, 5.41) is 85.3. The van der Waals surface area contributed by atoms with Crippen LogP contribution in [0, 0.1) is 60.7 Å². The largest absolute Gasteiger partial charge is 0.480 e. The molecule has 0 heterocycles. The van der Waals surface area contributed by atoms with Gasteiger partial charge in [-0.25, -0.2) is 4.79 Å². The van der Waals surface area contributed by atoms with Crippen molar-refractivity contribution < 1.29 is 61.9 Å². The van der Waals surface area contributed by atoms with E-state index < -0.39 is 103 Å². The van der Waals surface area contributed by atoms with Crippen LogP contribution in [-0.2, 0) is 19.7 Å². The number of nitrogens with two attached hydrogens (primary N) is 1. The zero-order chi connectivity index (χ0) is 45.5. The normalized spacial score (nSPS) is 11.4. The van der Waals surface area contributed by atoms with Crippen molar-refractivity contribution in [3.8, 4) is 5.75 Å². The number of anilines is 1. The molecule has 5 N–H and O–H groups in total. The molecule has 2 atom stereocenters. The Kier molecular flexibility index (Phi) is 17.7. The molecule has 0 aliphatic heterocycles. The van der Waals surface area contributed by atoms with Gasteiger partial charge in [0.15, 0.2) is 4.90 Å². The number of hydrogen-bond acceptors (Lipinski definition) is 21. The molecule has 0 radical (unpaired) electrons. The first-order valence-corrected chi connectivity index (χ1v) is 18.5. The quantitative estimate of drug-likeness (QED) is 0.0318. The molecule has 0 spiro atoms. The van der Waals surface area contributed by atoms with Gasteiger partial charge in [-0.1, -0.05) is 18.2 Å². The van der Waals surface area contributed by atoms with E-state index in [9.17, 15) is 83.8 Å². The number of non-ortho nitro benzene ring substituents is 3. The van der Waals surface area contributed by atoms with Crippen LogP contribution in [0.4, 0.5) is 39.8 Å². The standard InChI is InChI=1S/C15H11N5O10S.C12H8N2O7S.C3H7NO2S/c21-15(22)11(16-10-3-1-8(17(23)24)5-12(10)19(27)28)7-31-14-4-2-9(18(25)26)6-13(14)20(29)30;15-13(16)9-6-7-12(11(8-9)14(17)18)22(19,20)21-10-4-2-1-3-5-10;4-2(1-7)3(5)6/h1-6,11,16H,7H2,(H,21,22);1-8H;2,7H,1,4H2,(H,5,6). The second kappa shape index (κ2) is 21.8. The van der Waals surface area contributed by atoms with Gasteiger partial charge >= 0.3 is 22.1 Å². The van der Waals surface area contributed by atoms with Crippen molar-refractivity contribution in [1.82, 2.24) is 0 Å². The Morgan fingerprint density at radius 3 is 1.58 bits per heavy atom. The fourth-order valence-corrected chi connectivity index (χ4v) is 6.28. The van der Waals surface area contributed by atoms with E-state index in [1.54, 1.807) is 6.07 Å². The van der Waals surface area contributed by atoms with Crippen molar-refractivity contribution in [1.29, 1.82) is 0 Å². The molecule has 4 aromatic rings. The van der Waals surface area contributed by atoms with Crippen LogP contribution in [0.2, 0.25) is 0 Å². The third-order valence-corrected chi connectivity index (χ3v) is 9.70. The lowest BCUT2D eigenvalue weighted by Gasteiger charge is -2.15. The van der Waals surface area contributed by atoms with Gasteiger partial charge in [-0.3, -0.25) is 65.5 Å². The first kappa shape index (κ1) is 48.6. The van der Waals surface area contributed by atoms with Gasteiger partial charge in [0.2, 0.25) is 0 Å². The summed E-state index contributed by atoms with van der Waals surface area (Å²) in [6.45, 7) is 0. The molecule has 318 valence electrons. The first-order chi connectivity index (χ1) is 28.0. The maximum atomic E-state index is 12.1. The Hall–Kier alpha value is -7.57. The number of benzene rings is 4. The number of thiol groups is 1. The molecule has 30 heteroatoms. The minimum atomic E-state index is -4.50. The summed E-state index contributed by atoms with van der Waals surface area (Å²) in [7, 11) is -4.50. The molecule has 27 nitrogen and oxygen atoms in total. The molecular weight excluding hydrogens is 873 g/mol. The van der Waals surface area contributed by atoms with Crippen LogP contribution >= 0.6 is 24.4 Å². The smallest absolute Gasteiger partial charge is 0.346 e. The highest BCUT2D eigenvalue weighted by Crippen LogP contribution is 2.35. The minimum Gasteiger partial charge on any atom is -0.480 e. The summed E-state index contributed by atoms with van der Waals surface area (Å²) in [6.07, 6.45) is 0. The molecule has 0 fully saturated rings. The van der Waals surface area contributed by atoms with E-state index in [0.29, 0.717) is 23.9 Å². The average molecular weight is 899 g/mol. The lowest BCUT2D eigenvalue weighted by Crippen LogP contribution is -2.32. The number of nitro groups is 6. The molecule has 0 aliphatic rings. The van der Waals surface area contributed by atoms with E-state index in [4.69, 9.17) is 15.0 Å². The van der Waals surface area contributed by atoms with Gasteiger partial charge in [-0.15, -0.1) is 11.8 Å². The van der Waals surface area contributed by atoms with Crippen LogP contribution in [0.5, 0.6) is 5.75 Å². The number of rotatable bonds is 17. The maximum Gasteiger partial charge on any atom is 0.346 e. The van der Waals surface area contributed by atoms with Crippen molar-refractivity contribution in [3.05, 3.63) is 146 Å². The number of carboxylic acid groups (broad SMARTS) is 2. The van der Waals surface area contributed by atoms with E-state index in [-0.39, 0.29) is 27.8 Å². The number of nitrogens with zero attached hydrogens (tertiary/aromatic N) is 6. The third-order valence-electron chi connectivity index (χ3n) is 6.85. The number of nitro benzene ring substituents is 6. The Balaban J connectivity index is 0.000000370. The van der Waals surface area contributed by atoms with Crippen LogP contribution in [0.15, 0.2) is 94.7 Å². The number of para-hydroxylation sites is 1. The Morgan fingerprint density at radius 2 is 1.15 bits per heavy atom. The van der Waals surface area contributed by atoms with E-state index in [1.807, 2.05) is 0 Å². The number of hydrogen-bond donors (Lipinski definition) is 5. The number of thioether (sulfide) groups is 1. The zero-order valence-electron chi connectivity index (χ0n) is 29.5. The Morgan fingerprint density at radius 1 is 0.683 bits per heavy atom. The number of aliphatic carboxylic acids is 2. The second-order valence-corrected chi connectivity index (χ2v) is 13.8. The molecular formula is C30H26N8O19S3. The van der Waals surface area contributed by atoms with Crippen LogP contribution in [0.25, 0.3) is 0 Å². The van der Waals surface area contributed by atoms with Gasteiger partial charge < -0.3 is 25.4 Å². The molecule has 2 unspecified atom stereocenters. The average Bonchev–Trinajstić information content (AvgIpc) is 3.19. The second-order valence-electron chi connectivity index (χ2n) is 10.9. The fraction of sp³-hybridized carbons (Fsp3) is 0.133. The summed E-state index contributed by atoms with van der Waals surface area (Å²) in [4.78, 5) is 80.7. The van der Waals surface area contributed by atoms with E-state index >= 15 is 0 Å². The molecule has 0 amide bonds. The van der Waals surface area contributed by atoms with E-state index in [1.165, 1.54) is 24.3 Å². The van der Waals surface area contributed by atoms with Gasteiger partial charge in [0.25, 0.3) is 34.1 Å². The van der Waals surface area contributed by atoms with Crippen LogP contribution < -0.4 is 15.2 Å². The molecule has 60 heavy (non-hydrogen) atoms. The van der Waals surface area contributed by atoms with Crippen molar-refractivity contribution in [2.24, 2.45) is 5.73 Å².